The Morgan fingerprint density at radius 1 is 1.17 bits per heavy atom. The van der Waals surface area contributed by atoms with Gasteiger partial charge in [0.05, 0.1) is 18.1 Å². The van der Waals surface area contributed by atoms with E-state index in [9.17, 15) is 0 Å². The van der Waals surface area contributed by atoms with Crippen molar-refractivity contribution in [3.8, 4) is 0 Å². The second kappa shape index (κ2) is 6.84. The number of hydrogen-bond acceptors (Lipinski definition) is 5. The van der Waals surface area contributed by atoms with Gasteiger partial charge in [0.15, 0.2) is 11.6 Å². The van der Waals surface area contributed by atoms with Crippen molar-refractivity contribution in [1.82, 2.24) is 10.2 Å². The Bertz CT molecular complexity index is 662. The Balaban J connectivity index is 1.65. The Morgan fingerprint density at radius 3 is 2.83 bits per heavy atom. The molecule has 1 atom stereocenters. The predicted octanol–water partition coefficient (Wildman–Crippen LogP) is 2.24. The lowest BCUT2D eigenvalue weighted by molar-refractivity contribution is 0.192. The molecule has 0 aliphatic carbocycles. The fraction of sp³-hybridized carbons (Fsp3) is 0.471. The van der Waals surface area contributed by atoms with Crippen molar-refractivity contribution in [3.05, 3.63) is 47.5 Å². The first-order valence-corrected chi connectivity index (χ1v) is 9.58. The highest BCUT2D eigenvalue weighted by Gasteiger charge is 2.28. The minimum atomic E-state index is -0.333. The lowest BCUT2D eigenvalue weighted by Gasteiger charge is -2.33. The number of benzene rings is 1. The zero-order chi connectivity index (χ0) is 15.5. The van der Waals surface area contributed by atoms with Crippen molar-refractivity contribution in [2.45, 2.75) is 18.6 Å². The van der Waals surface area contributed by atoms with Crippen molar-refractivity contribution in [1.29, 1.82) is 0 Å². The molecule has 0 radical (unpaired) electrons. The molecule has 122 valence electrons. The van der Waals surface area contributed by atoms with E-state index < -0.39 is 0 Å². The molecule has 2 fully saturated rings. The summed E-state index contributed by atoms with van der Waals surface area (Å²) in [6.07, 6.45) is 2.07. The van der Waals surface area contributed by atoms with Crippen LogP contribution in [0.5, 0.6) is 0 Å². The lowest BCUT2D eigenvalue weighted by atomic mass is 10.1. The second-order valence-electron chi connectivity index (χ2n) is 5.94. The molecule has 3 aliphatic rings. The molecule has 1 N–H and O–H groups in total. The van der Waals surface area contributed by atoms with Crippen molar-refractivity contribution in [3.63, 3.8) is 0 Å². The molecule has 23 heavy (non-hydrogen) atoms. The molecule has 6 heteroatoms. The van der Waals surface area contributed by atoms with Gasteiger partial charge >= 0.3 is 0 Å². The van der Waals surface area contributed by atoms with Crippen LogP contribution in [-0.4, -0.2) is 43.4 Å². The van der Waals surface area contributed by atoms with Crippen LogP contribution in [0.15, 0.2) is 50.7 Å². The lowest BCUT2D eigenvalue weighted by Crippen LogP contribution is -2.44. The van der Waals surface area contributed by atoms with Crippen molar-refractivity contribution >= 4 is 16.6 Å². The Kier molecular flexibility index (Phi) is 4.43. The summed E-state index contributed by atoms with van der Waals surface area (Å²) in [5.41, 5.74) is 2.42. The molecule has 0 bridgehead atoms. The molecule has 1 aromatic rings. The number of nitrogens with one attached hydrogen (secondary N) is 1. The number of hydrogen-bond donors (Lipinski definition) is 1. The molecule has 4 rings (SSSR count). The first-order valence-electron chi connectivity index (χ1n) is 8.27. The van der Waals surface area contributed by atoms with Gasteiger partial charge in [-0.15, -0.1) is 0 Å². The van der Waals surface area contributed by atoms with E-state index in [4.69, 9.17) is 13.5 Å². The summed E-state index contributed by atoms with van der Waals surface area (Å²) in [5.74, 6) is 2.86. The maximum atomic E-state index is 5.94. The van der Waals surface area contributed by atoms with E-state index in [1.54, 1.807) is 0 Å². The molecule has 0 amide bonds. The molecule has 1 unspecified atom stereocenters. The van der Waals surface area contributed by atoms with Gasteiger partial charge < -0.3 is 15.0 Å². The van der Waals surface area contributed by atoms with Crippen LogP contribution < -0.4 is 5.32 Å². The van der Waals surface area contributed by atoms with Gasteiger partial charge in [0.25, 0.3) is 0 Å². The molecular weight excluding hydrogens is 308 g/mol. The summed E-state index contributed by atoms with van der Waals surface area (Å²) >= 11 is 0. The van der Waals surface area contributed by atoms with Crippen LogP contribution in [0.3, 0.4) is 0 Å². The molecule has 0 saturated carbocycles. The first-order chi connectivity index (χ1) is 11.4. The maximum absolute atomic E-state index is 5.94. The van der Waals surface area contributed by atoms with E-state index in [1.807, 2.05) is 0 Å². The largest absolute Gasteiger partial charge is 0.488 e. The molecule has 2 saturated heterocycles. The monoisotopic (exact) mass is 330 g/mol. The Labute approximate surface area is 139 Å². The number of fused-ring (bicyclic) bond motifs is 1. The first kappa shape index (κ1) is 14.9. The average molecular weight is 330 g/mol. The van der Waals surface area contributed by atoms with Crippen LogP contribution in [-0.2, 0) is 21.4 Å². The third kappa shape index (κ3) is 3.33. The zero-order valence-electron chi connectivity index (χ0n) is 13.2. The minimum Gasteiger partial charge on any atom is -0.488 e. The van der Waals surface area contributed by atoms with Gasteiger partial charge in [-0.25, -0.2) is 4.40 Å². The SMILES string of the molecule is c1ccc(CS2=NC(N3CCNCC3)=C3OCCCC3=N2)cc1. The highest BCUT2D eigenvalue weighted by molar-refractivity contribution is 7.85. The molecule has 0 aromatic heterocycles. The molecule has 3 aliphatic heterocycles. The van der Waals surface area contributed by atoms with E-state index in [-0.39, 0.29) is 10.9 Å². The second-order valence-corrected chi connectivity index (χ2v) is 7.27. The zero-order valence-corrected chi connectivity index (χ0v) is 14.0. The number of nitrogens with zero attached hydrogens (tertiary/aromatic N) is 3. The van der Waals surface area contributed by atoms with Gasteiger partial charge in [0, 0.05) is 37.1 Å². The molecule has 5 nitrogen and oxygen atoms in total. The summed E-state index contributed by atoms with van der Waals surface area (Å²) in [6, 6.07) is 10.5. The standard InChI is InChI=1S/C17H22N4OS/c1-2-5-14(6-3-1)13-23-19-15-7-4-12-22-16(15)17(20-23)21-10-8-18-9-11-21/h1-3,5-6,18H,4,7-13H2. The van der Waals surface area contributed by atoms with Gasteiger partial charge in [-0.05, 0) is 18.4 Å². The highest BCUT2D eigenvalue weighted by atomic mass is 32.2. The minimum absolute atomic E-state index is 0.333. The van der Waals surface area contributed by atoms with E-state index in [2.05, 4.69) is 40.5 Å². The van der Waals surface area contributed by atoms with Crippen LogP contribution in [0, 0.1) is 0 Å². The van der Waals surface area contributed by atoms with Crippen LogP contribution in [0.25, 0.3) is 0 Å². The van der Waals surface area contributed by atoms with E-state index in [0.29, 0.717) is 0 Å². The van der Waals surface area contributed by atoms with E-state index in [1.165, 1.54) is 5.56 Å². The van der Waals surface area contributed by atoms with Gasteiger partial charge in [0.1, 0.15) is 0 Å². The summed E-state index contributed by atoms with van der Waals surface area (Å²) < 4.78 is 15.8. The molecule has 0 spiro atoms. The number of rotatable bonds is 3. The van der Waals surface area contributed by atoms with Crippen LogP contribution in [0.4, 0.5) is 0 Å². The average Bonchev–Trinajstić information content (AvgIpc) is 2.63. The van der Waals surface area contributed by atoms with Crippen LogP contribution in [0.1, 0.15) is 18.4 Å². The Hall–Kier alpha value is -1.66. The smallest absolute Gasteiger partial charge is 0.184 e. The number of allylic oxidation sites excluding steroid dienone is 1. The third-order valence-corrected chi connectivity index (χ3v) is 5.64. The molecule has 1 aromatic carbocycles. The van der Waals surface area contributed by atoms with Gasteiger partial charge in [0.2, 0.25) is 0 Å². The van der Waals surface area contributed by atoms with Gasteiger partial charge in [-0.3, -0.25) is 0 Å². The fourth-order valence-corrected chi connectivity index (χ4v) is 4.53. The predicted molar refractivity (Wildman–Crippen MR) is 94.0 cm³/mol. The summed E-state index contributed by atoms with van der Waals surface area (Å²) in [5, 5.41) is 3.40. The van der Waals surface area contributed by atoms with Crippen molar-refractivity contribution < 1.29 is 4.74 Å². The summed E-state index contributed by atoms with van der Waals surface area (Å²) in [7, 11) is -0.333. The van der Waals surface area contributed by atoms with E-state index in [0.717, 1.165) is 68.7 Å². The quantitative estimate of drug-likeness (QED) is 0.925. The summed E-state index contributed by atoms with van der Waals surface area (Å²) in [4.78, 5) is 2.36. The number of ether oxygens (including phenoxy) is 1. The Morgan fingerprint density at radius 2 is 2.00 bits per heavy atom. The van der Waals surface area contributed by atoms with Crippen molar-refractivity contribution in [2.75, 3.05) is 32.8 Å². The van der Waals surface area contributed by atoms with Crippen LogP contribution in [0.2, 0.25) is 0 Å². The van der Waals surface area contributed by atoms with Crippen molar-refractivity contribution in [2.24, 2.45) is 8.76 Å². The normalized spacial score (nSPS) is 24.4. The van der Waals surface area contributed by atoms with Gasteiger partial charge in [-0.2, -0.15) is 4.36 Å². The third-order valence-electron chi connectivity index (χ3n) is 4.23. The summed E-state index contributed by atoms with van der Waals surface area (Å²) in [6.45, 7) is 4.77. The topological polar surface area (TPSA) is 49.2 Å². The van der Waals surface area contributed by atoms with Gasteiger partial charge in [-0.1, -0.05) is 30.3 Å². The maximum Gasteiger partial charge on any atom is 0.184 e. The number of piperazine rings is 1. The fourth-order valence-electron chi connectivity index (χ4n) is 3.05. The molecule has 3 heterocycles. The van der Waals surface area contributed by atoms with E-state index >= 15 is 0 Å². The highest BCUT2D eigenvalue weighted by Crippen LogP contribution is 2.28. The molecular formula is C17H22N4OS. The van der Waals surface area contributed by atoms with Crippen LogP contribution >= 0.6 is 0 Å².